The third-order valence-corrected chi connectivity index (χ3v) is 4.49. The van der Waals surface area contributed by atoms with Crippen LogP contribution in [0.25, 0.3) is 0 Å². The minimum atomic E-state index is -0.237. The lowest BCUT2D eigenvalue weighted by Gasteiger charge is -2.10. The number of ether oxygens (including phenoxy) is 2. The van der Waals surface area contributed by atoms with Gasteiger partial charge in [0, 0.05) is 37.1 Å². The summed E-state index contributed by atoms with van der Waals surface area (Å²) in [5, 5.41) is 5.65. The average Bonchev–Trinajstić information content (AvgIpc) is 2.70. The summed E-state index contributed by atoms with van der Waals surface area (Å²) in [5.41, 5.74) is 1.66. The molecule has 2 amide bonds. The first kappa shape index (κ1) is 21.9. The highest BCUT2D eigenvalue weighted by atomic mass is 79.9. The zero-order chi connectivity index (χ0) is 20.4. The van der Waals surface area contributed by atoms with E-state index in [-0.39, 0.29) is 11.8 Å². The van der Waals surface area contributed by atoms with Crippen LogP contribution < -0.4 is 15.4 Å². The summed E-state index contributed by atoms with van der Waals surface area (Å²) in [6.07, 6.45) is 1.67. The van der Waals surface area contributed by atoms with Gasteiger partial charge in [-0.3, -0.25) is 9.59 Å². The minimum absolute atomic E-state index is 0.152. The van der Waals surface area contributed by atoms with Crippen molar-refractivity contribution in [1.82, 2.24) is 5.32 Å². The average molecular weight is 449 g/mol. The van der Waals surface area contributed by atoms with E-state index in [9.17, 15) is 9.59 Å². The number of nitrogens with one attached hydrogen (secondary N) is 2. The summed E-state index contributed by atoms with van der Waals surface area (Å²) in [6.45, 7) is 3.81. The van der Waals surface area contributed by atoms with Crippen LogP contribution in [-0.4, -0.2) is 38.7 Å². The lowest BCUT2D eigenvalue weighted by molar-refractivity contribution is 0.0948. The molecule has 0 aliphatic rings. The Balaban J connectivity index is 1.93. The van der Waals surface area contributed by atoms with E-state index in [0.717, 1.165) is 17.3 Å². The summed E-state index contributed by atoms with van der Waals surface area (Å²) in [4.78, 5) is 24.5. The number of halogens is 1. The van der Waals surface area contributed by atoms with Gasteiger partial charge in [0.25, 0.3) is 11.8 Å². The maximum absolute atomic E-state index is 12.4. The van der Waals surface area contributed by atoms with Crippen molar-refractivity contribution in [3.8, 4) is 5.75 Å². The van der Waals surface area contributed by atoms with E-state index in [1.54, 1.807) is 49.6 Å². The molecule has 0 saturated carbocycles. The van der Waals surface area contributed by atoms with Crippen LogP contribution in [-0.2, 0) is 4.74 Å². The van der Waals surface area contributed by atoms with Gasteiger partial charge in [0.2, 0.25) is 0 Å². The first-order valence-corrected chi connectivity index (χ1v) is 9.95. The van der Waals surface area contributed by atoms with Crippen LogP contribution in [0.5, 0.6) is 5.75 Å². The molecule has 0 aromatic heterocycles. The highest BCUT2D eigenvalue weighted by Gasteiger charge is 2.11. The Labute approximate surface area is 173 Å². The van der Waals surface area contributed by atoms with E-state index in [1.165, 1.54) is 0 Å². The summed E-state index contributed by atoms with van der Waals surface area (Å²) >= 11 is 3.43. The molecule has 7 heteroatoms. The SMILES string of the molecule is CCCOc1ccc(C(=O)Nc2ccc(C(=O)NCCCOC)cc2)cc1Br. The number of rotatable bonds is 10. The monoisotopic (exact) mass is 448 g/mol. The molecule has 0 spiro atoms. The topological polar surface area (TPSA) is 76.7 Å². The maximum Gasteiger partial charge on any atom is 0.255 e. The smallest absolute Gasteiger partial charge is 0.255 e. The van der Waals surface area contributed by atoms with Gasteiger partial charge >= 0.3 is 0 Å². The Kier molecular flexibility index (Phi) is 8.97. The number of carbonyl (C=O) groups is 2. The zero-order valence-electron chi connectivity index (χ0n) is 16.1. The predicted octanol–water partition coefficient (Wildman–Crippen LogP) is 4.26. The standard InChI is InChI=1S/C21H25BrN2O4/c1-3-12-28-19-10-7-16(14-18(19)22)21(26)24-17-8-5-15(6-9-17)20(25)23-11-4-13-27-2/h5-10,14H,3-4,11-13H2,1-2H3,(H,23,25)(H,24,26). The fraction of sp³-hybridized carbons (Fsp3) is 0.333. The van der Waals surface area contributed by atoms with Gasteiger partial charge in [0.15, 0.2) is 0 Å². The van der Waals surface area contributed by atoms with Gasteiger partial charge in [0.05, 0.1) is 11.1 Å². The second-order valence-corrected chi connectivity index (χ2v) is 6.98. The quantitative estimate of drug-likeness (QED) is 0.532. The predicted molar refractivity (Wildman–Crippen MR) is 113 cm³/mol. The Morgan fingerprint density at radius 1 is 1.00 bits per heavy atom. The molecule has 0 atom stereocenters. The summed E-state index contributed by atoms with van der Waals surface area (Å²) in [5.74, 6) is 0.319. The second-order valence-electron chi connectivity index (χ2n) is 6.13. The molecular formula is C21H25BrN2O4. The first-order valence-electron chi connectivity index (χ1n) is 9.16. The molecule has 6 nitrogen and oxygen atoms in total. The van der Waals surface area contributed by atoms with Gasteiger partial charge < -0.3 is 20.1 Å². The van der Waals surface area contributed by atoms with Gasteiger partial charge in [-0.15, -0.1) is 0 Å². The van der Waals surface area contributed by atoms with Crippen molar-refractivity contribution in [2.75, 3.05) is 32.2 Å². The van der Waals surface area contributed by atoms with Crippen molar-refractivity contribution < 1.29 is 19.1 Å². The first-order chi connectivity index (χ1) is 13.5. The van der Waals surface area contributed by atoms with E-state index >= 15 is 0 Å². The summed E-state index contributed by atoms with van der Waals surface area (Å²) in [7, 11) is 1.63. The molecule has 28 heavy (non-hydrogen) atoms. The highest BCUT2D eigenvalue weighted by molar-refractivity contribution is 9.10. The van der Waals surface area contributed by atoms with Crippen molar-refractivity contribution in [1.29, 1.82) is 0 Å². The number of carbonyl (C=O) groups excluding carboxylic acids is 2. The second kappa shape index (κ2) is 11.5. The molecule has 2 N–H and O–H groups in total. The summed E-state index contributed by atoms with van der Waals surface area (Å²) in [6, 6.07) is 12.0. The fourth-order valence-electron chi connectivity index (χ4n) is 2.40. The molecule has 150 valence electrons. The van der Waals surface area contributed by atoms with Gasteiger partial charge in [-0.2, -0.15) is 0 Å². The van der Waals surface area contributed by atoms with Crippen molar-refractivity contribution in [2.45, 2.75) is 19.8 Å². The third kappa shape index (κ3) is 6.65. The number of anilines is 1. The van der Waals surface area contributed by atoms with E-state index in [1.807, 2.05) is 6.92 Å². The van der Waals surface area contributed by atoms with E-state index in [2.05, 4.69) is 26.6 Å². The summed E-state index contributed by atoms with van der Waals surface area (Å²) < 4.78 is 11.3. The third-order valence-electron chi connectivity index (χ3n) is 3.87. The molecular weight excluding hydrogens is 424 g/mol. The van der Waals surface area contributed by atoms with Crippen molar-refractivity contribution in [2.24, 2.45) is 0 Å². The normalized spacial score (nSPS) is 10.4. The molecule has 0 aliphatic carbocycles. The van der Waals surface area contributed by atoms with Crippen LogP contribution >= 0.6 is 15.9 Å². The van der Waals surface area contributed by atoms with Crippen LogP contribution in [0, 0.1) is 0 Å². The lowest BCUT2D eigenvalue weighted by Crippen LogP contribution is -2.25. The Morgan fingerprint density at radius 2 is 1.71 bits per heavy atom. The molecule has 0 saturated heterocycles. The Morgan fingerprint density at radius 3 is 2.36 bits per heavy atom. The van der Waals surface area contributed by atoms with E-state index < -0.39 is 0 Å². The minimum Gasteiger partial charge on any atom is -0.492 e. The van der Waals surface area contributed by atoms with Crippen LogP contribution in [0.1, 0.15) is 40.5 Å². The van der Waals surface area contributed by atoms with Crippen LogP contribution in [0.3, 0.4) is 0 Å². The molecule has 0 heterocycles. The number of hydrogen-bond acceptors (Lipinski definition) is 4. The molecule has 0 radical (unpaired) electrons. The van der Waals surface area contributed by atoms with Gasteiger partial charge in [0.1, 0.15) is 5.75 Å². The molecule has 2 rings (SSSR count). The zero-order valence-corrected chi connectivity index (χ0v) is 17.7. The largest absolute Gasteiger partial charge is 0.492 e. The van der Waals surface area contributed by atoms with E-state index in [4.69, 9.17) is 9.47 Å². The molecule has 0 fully saturated rings. The Bertz CT molecular complexity index is 793. The van der Waals surface area contributed by atoms with Gasteiger partial charge in [-0.25, -0.2) is 0 Å². The highest BCUT2D eigenvalue weighted by Crippen LogP contribution is 2.26. The molecule has 0 aliphatic heterocycles. The van der Waals surface area contributed by atoms with Gasteiger partial charge in [-0.1, -0.05) is 6.92 Å². The number of hydrogen-bond donors (Lipinski definition) is 2. The number of benzene rings is 2. The Hall–Kier alpha value is -2.38. The molecule has 0 bridgehead atoms. The maximum atomic E-state index is 12.4. The fourth-order valence-corrected chi connectivity index (χ4v) is 2.89. The number of methoxy groups -OCH3 is 1. The van der Waals surface area contributed by atoms with Crippen molar-refractivity contribution in [3.05, 3.63) is 58.1 Å². The van der Waals surface area contributed by atoms with Crippen molar-refractivity contribution >= 4 is 33.4 Å². The van der Waals surface area contributed by atoms with Crippen molar-refractivity contribution in [3.63, 3.8) is 0 Å². The van der Waals surface area contributed by atoms with E-state index in [0.29, 0.717) is 42.3 Å². The van der Waals surface area contributed by atoms with Crippen LogP contribution in [0.2, 0.25) is 0 Å². The number of amides is 2. The lowest BCUT2D eigenvalue weighted by atomic mass is 10.1. The van der Waals surface area contributed by atoms with Crippen LogP contribution in [0.15, 0.2) is 46.9 Å². The molecule has 0 unspecified atom stereocenters. The molecule has 2 aromatic rings. The molecule has 2 aromatic carbocycles. The van der Waals surface area contributed by atoms with Gasteiger partial charge in [-0.05, 0) is 71.2 Å². The van der Waals surface area contributed by atoms with Crippen LogP contribution in [0.4, 0.5) is 5.69 Å².